The molecule has 0 saturated heterocycles. The van der Waals surface area contributed by atoms with Gasteiger partial charge in [0.05, 0.1) is 23.0 Å². The lowest BCUT2D eigenvalue weighted by molar-refractivity contribution is 0.611. The largest absolute Gasteiger partial charge is 0.334 e. The molecule has 0 atom stereocenters. The van der Waals surface area contributed by atoms with E-state index < -0.39 is 17.1 Å². The zero-order valence-corrected chi connectivity index (χ0v) is 11.3. The van der Waals surface area contributed by atoms with Crippen LogP contribution in [0, 0.1) is 19.7 Å². The van der Waals surface area contributed by atoms with Crippen LogP contribution in [0.4, 0.5) is 4.39 Å². The maximum Gasteiger partial charge on any atom is 0.334 e. The molecule has 3 heterocycles. The number of aromatic amines is 1. The molecule has 0 aliphatic heterocycles. The van der Waals surface area contributed by atoms with Gasteiger partial charge in [-0.1, -0.05) is 0 Å². The Balaban J connectivity index is 2.54. The van der Waals surface area contributed by atoms with Crippen LogP contribution in [0.1, 0.15) is 11.3 Å². The summed E-state index contributed by atoms with van der Waals surface area (Å²) >= 11 is 0. The molecule has 0 saturated carbocycles. The molecule has 3 aromatic rings. The molecule has 0 unspecified atom stereocenters. The number of hydrogen-bond acceptors (Lipinski definition) is 4. The van der Waals surface area contributed by atoms with Crippen molar-refractivity contribution in [2.75, 3.05) is 0 Å². The lowest BCUT2D eigenvalue weighted by Gasteiger charge is -2.11. The number of rotatable bonds is 1. The molecule has 21 heavy (non-hydrogen) atoms. The van der Waals surface area contributed by atoms with Gasteiger partial charge >= 0.3 is 5.69 Å². The predicted octanol–water partition coefficient (Wildman–Crippen LogP) is 1.22. The Morgan fingerprint density at radius 2 is 2.05 bits per heavy atom. The summed E-state index contributed by atoms with van der Waals surface area (Å²) in [6.07, 6.45) is 3.09. The number of fused-ring (bicyclic) bond motifs is 1. The molecule has 7 heteroatoms. The van der Waals surface area contributed by atoms with Crippen LogP contribution >= 0.6 is 0 Å². The summed E-state index contributed by atoms with van der Waals surface area (Å²) in [6.45, 7) is 3.28. The van der Waals surface area contributed by atoms with Crippen molar-refractivity contribution in [1.29, 1.82) is 0 Å². The fourth-order valence-electron chi connectivity index (χ4n) is 2.14. The summed E-state index contributed by atoms with van der Waals surface area (Å²) in [7, 11) is 0. The molecule has 3 rings (SSSR count). The van der Waals surface area contributed by atoms with Gasteiger partial charge in [0.1, 0.15) is 5.82 Å². The third-order valence-corrected chi connectivity index (χ3v) is 3.26. The fourth-order valence-corrected chi connectivity index (χ4v) is 2.14. The number of hydrogen-bond donors (Lipinski definition) is 1. The second kappa shape index (κ2) is 4.62. The van der Waals surface area contributed by atoms with E-state index in [2.05, 4.69) is 15.0 Å². The van der Waals surface area contributed by atoms with E-state index in [1.165, 1.54) is 17.7 Å². The zero-order chi connectivity index (χ0) is 15.1. The number of pyridine rings is 2. The Kier molecular flexibility index (Phi) is 2.90. The van der Waals surface area contributed by atoms with Crippen molar-refractivity contribution in [3.05, 3.63) is 62.4 Å². The summed E-state index contributed by atoms with van der Waals surface area (Å²) in [5, 5.41) is 0.0148. The van der Waals surface area contributed by atoms with E-state index in [4.69, 9.17) is 0 Å². The molecule has 106 valence electrons. The molecule has 0 fully saturated rings. The van der Waals surface area contributed by atoms with E-state index in [9.17, 15) is 14.0 Å². The highest BCUT2D eigenvalue weighted by Crippen LogP contribution is 2.16. The van der Waals surface area contributed by atoms with Crippen molar-refractivity contribution in [3.63, 3.8) is 0 Å². The highest BCUT2D eigenvalue weighted by molar-refractivity contribution is 5.76. The van der Waals surface area contributed by atoms with Gasteiger partial charge in [0.2, 0.25) is 0 Å². The summed E-state index contributed by atoms with van der Waals surface area (Å²) in [5.41, 5.74) is 0.189. The molecule has 0 radical (unpaired) electrons. The van der Waals surface area contributed by atoms with Crippen molar-refractivity contribution >= 4 is 11.0 Å². The molecule has 0 aliphatic rings. The Hall–Kier alpha value is -2.83. The van der Waals surface area contributed by atoms with Gasteiger partial charge in [-0.25, -0.2) is 18.7 Å². The zero-order valence-electron chi connectivity index (χ0n) is 11.3. The van der Waals surface area contributed by atoms with Gasteiger partial charge in [0.25, 0.3) is 5.56 Å². The normalized spacial score (nSPS) is 11.0. The van der Waals surface area contributed by atoms with Gasteiger partial charge in [-0.2, -0.15) is 0 Å². The smallest absolute Gasteiger partial charge is 0.273 e. The van der Waals surface area contributed by atoms with Crippen LogP contribution in [0.3, 0.4) is 0 Å². The van der Waals surface area contributed by atoms with Crippen LogP contribution < -0.4 is 11.2 Å². The second-order valence-electron chi connectivity index (χ2n) is 4.68. The average molecular weight is 286 g/mol. The maximum atomic E-state index is 13.6. The Bertz CT molecular complexity index is 975. The van der Waals surface area contributed by atoms with Gasteiger partial charge in [-0.3, -0.25) is 14.8 Å². The van der Waals surface area contributed by atoms with Crippen LogP contribution in [-0.2, 0) is 0 Å². The van der Waals surface area contributed by atoms with Crippen LogP contribution in [0.5, 0.6) is 0 Å². The lowest BCUT2D eigenvalue weighted by atomic mass is 10.2. The summed E-state index contributed by atoms with van der Waals surface area (Å²) in [5.74, 6) is -0.596. The molecular formula is C14H11FN4O2. The third-order valence-electron chi connectivity index (χ3n) is 3.26. The number of aromatic nitrogens is 4. The SMILES string of the molecule is Cc1ccncc1-n1c(=O)[nH]c(=O)c2cc(F)c(C)nc21. The summed E-state index contributed by atoms with van der Waals surface area (Å²) < 4.78 is 14.9. The van der Waals surface area contributed by atoms with Gasteiger partial charge in [-0.15, -0.1) is 0 Å². The first-order valence-electron chi connectivity index (χ1n) is 6.22. The quantitative estimate of drug-likeness (QED) is 0.729. The Morgan fingerprint density at radius 1 is 1.29 bits per heavy atom. The van der Waals surface area contributed by atoms with E-state index in [0.29, 0.717) is 5.69 Å². The standard InChI is InChI=1S/C14H11FN4O2/c1-7-3-4-16-6-11(7)19-12-9(13(20)18-14(19)21)5-10(15)8(2)17-12/h3-6H,1-2H3,(H,18,20,21). The molecule has 1 N–H and O–H groups in total. The molecular weight excluding hydrogens is 275 g/mol. The van der Waals surface area contributed by atoms with Crippen LogP contribution in [0.2, 0.25) is 0 Å². The first-order chi connectivity index (χ1) is 9.99. The number of nitrogens with one attached hydrogen (secondary N) is 1. The molecule has 0 aromatic carbocycles. The van der Waals surface area contributed by atoms with E-state index in [-0.39, 0.29) is 16.7 Å². The minimum Gasteiger partial charge on any atom is -0.273 e. The fraction of sp³-hybridized carbons (Fsp3) is 0.143. The van der Waals surface area contributed by atoms with E-state index in [0.717, 1.165) is 11.6 Å². The number of halogens is 1. The summed E-state index contributed by atoms with van der Waals surface area (Å²) in [4.78, 5) is 34.2. The average Bonchev–Trinajstić information content (AvgIpc) is 2.43. The van der Waals surface area contributed by atoms with Crippen LogP contribution in [0.15, 0.2) is 34.1 Å². The number of aryl methyl sites for hydroxylation is 2. The second-order valence-corrected chi connectivity index (χ2v) is 4.68. The number of nitrogens with zero attached hydrogens (tertiary/aromatic N) is 3. The van der Waals surface area contributed by atoms with Crippen molar-refractivity contribution < 1.29 is 4.39 Å². The van der Waals surface area contributed by atoms with Crippen molar-refractivity contribution in [3.8, 4) is 5.69 Å². The Morgan fingerprint density at radius 3 is 2.76 bits per heavy atom. The van der Waals surface area contributed by atoms with Gasteiger partial charge < -0.3 is 0 Å². The highest BCUT2D eigenvalue weighted by Gasteiger charge is 2.14. The lowest BCUT2D eigenvalue weighted by Crippen LogP contribution is -2.30. The molecule has 0 amide bonds. The molecule has 0 spiro atoms. The van der Waals surface area contributed by atoms with Crippen molar-refractivity contribution in [2.45, 2.75) is 13.8 Å². The van der Waals surface area contributed by atoms with Crippen molar-refractivity contribution in [2.24, 2.45) is 0 Å². The first-order valence-corrected chi connectivity index (χ1v) is 6.22. The minimum absolute atomic E-state index is 0.0148. The predicted molar refractivity (Wildman–Crippen MR) is 75.2 cm³/mol. The molecule has 6 nitrogen and oxygen atoms in total. The van der Waals surface area contributed by atoms with Gasteiger partial charge in [0, 0.05) is 6.20 Å². The third kappa shape index (κ3) is 2.03. The highest BCUT2D eigenvalue weighted by atomic mass is 19.1. The van der Waals surface area contributed by atoms with Gasteiger partial charge in [0.15, 0.2) is 5.65 Å². The minimum atomic E-state index is -0.667. The van der Waals surface area contributed by atoms with Crippen molar-refractivity contribution in [1.82, 2.24) is 19.5 Å². The summed E-state index contributed by atoms with van der Waals surface area (Å²) in [6, 6.07) is 2.81. The number of H-pyrrole nitrogens is 1. The monoisotopic (exact) mass is 286 g/mol. The Labute approximate surface area is 117 Å². The molecule has 3 aromatic heterocycles. The van der Waals surface area contributed by atoms with Gasteiger partial charge in [-0.05, 0) is 31.5 Å². The van der Waals surface area contributed by atoms with E-state index in [1.807, 2.05) is 0 Å². The maximum absolute atomic E-state index is 13.6. The van der Waals surface area contributed by atoms with E-state index in [1.54, 1.807) is 19.2 Å². The van der Waals surface area contributed by atoms with E-state index >= 15 is 0 Å². The topological polar surface area (TPSA) is 80.6 Å². The van der Waals surface area contributed by atoms with Crippen LogP contribution in [-0.4, -0.2) is 19.5 Å². The van der Waals surface area contributed by atoms with Crippen LogP contribution in [0.25, 0.3) is 16.7 Å². The first kappa shape index (κ1) is 13.2. The molecule has 0 aliphatic carbocycles. The molecule has 0 bridgehead atoms.